The minimum atomic E-state index is -0.699. The zero-order valence-corrected chi connectivity index (χ0v) is 23.1. The zero-order valence-electron chi connectivity index (χ0n) is 23.1. The molecule has 2 aromatic carbocycles. The molecule has 1 saturated heterocycles. The largest absolute Gasteiger partial charge is 0.508 e. The summed E-state index contributed by atoms with van der Waals surface area (Å²) in [5.74, 6) is 1.08. The molecular weight excluding hydrogens is 476 g/mol. The number of carbonyl (C=O) groups excluding carboxylic acids is 2. The summed E-state index contributed by atoms with van der Waals surface area (Å²) >= 11 is 0. The molecule has 6 nitrogen and oxygen atoms in total. The van der Waals surface area contributed by atoms with Gasteiger partial charge in [-0.25, -0.2) is 0 Å². The number of phenols is 1. The van der Waals surface area contributed by atoms with Crippen molar-refractivity contribution in [3.8, 4) is 5.75 Å². The molecule has 1 amide bonds. The van der Waals surface area contributed by atoms with Crippen LogP contribution in [0.2, 0.25) is 0 Å². The van der Waals surface area contributed by atoms with Crippen LogP contribution in [0.4, 0.5) is 0 Å². The van der Waals surface area contributed by atoms with Gasteiger partial charge in [-0.1, -0.05) is 44.2 Å². The summed E-state index contributed by atoms with van der Waals surface area (Å²) < 4.78 is 6.40. The van der Waals surface area contributed by atoms with Crippen LogP contribution in [0, 0.1) is 11.8 Å². The van der Waals surface area contributed by atoms with E-state index in [2.05, 4.69) is 29.7 Å². The monoisotopic (exact) mass is 518 g/mol. The van der Waals surface area contributed by atoms with Gasteiger partial charge < -0.3 is 14.7 Å². The lowest BCUT2D eigenvalue weighted by atomic mass is 9.54. The third-order valence-electron chi connectivity index (χ3n) is 8.91. The van der Waals surface area contributed by atoms with Crippen LogP contribution in [0.1, 0.15) is 75.2 Å². The molecule has 38 heavy (non-hydrogen) atoms. The van der Waals surface area contributed by atoms with Crippen LogP contribution < -0.4 is 0 Å². The summed E-state index contributed by atoms with van der Waals surface area (Å²) in [6.45, 7) is 9.15. The summed E-state index contributed by atoms with van der Waals surface area (Å²) in [6, 6.07) is 17.1. The van der Waals surface area contributed by atoms with Crippen molar-refractivity contribution in [1.29, 1.82) is 0 Å². The first-order valence-electron chi connectivity index (χ1n) is 14.3. The smallest absolute Gasteiger partial charge is 0.303 e. The highest BCUT2D eigenvalue weighted by atomic mass is 16.6. The predicted octanol–water partition coefficient (Wildman–Crippen LogP) is 5.40. The molecule has 204 valence electrons. The van der Waals surface area contributed by atoms with Crippen LogP contribution in [0.3, 0.4) is 0 Å². The van der Waals surface area contributed by atoms with E-state index >= 15 is 0 Å². The second-order valence-electron chi connectivity index (χ2n) is 12.3. The van der Waals surface area contributed by atoms with E-state index in [0.717, 1.165) is 37.4 Å². The molecule has 0 spiro atoms. The van der Waals surface area contributed by atoms with Gasteiger partial charge in [0.05, 0.1) is 0 Å². The SMILES string of the molecule is CC(=O)OC12CC[C@H](N(CC(C)C)C(=O)c3ccccc3)CC1(c1cccc(O)c1)CCN(CC1CC1)C2. The molecular formula is C32H42N2O4. The van der Waals surface area contributed by atoms with Crippen LogP contribution in [0.25, 0.3) is 0 Å². The Bertz CT molecular complexity index is 1150. The number of piperidine rings is 1. The molecule has 3 fully saturated rings. The van der Waals surface area contributed by atoms with Gasteiger partial charge >= 0.3 is 5.97 Å². The van der Waals surface area contributed by atoms with E-state index in [1.165, 1.54) is 19.8 Å². The van der Waals surface area contributed by atoms with Crippen molar-refractivity contribution < 1.29 is 19.4 Å². The Labute approximate surface area is 227 Å². The first kappa shape index (κ1) is 26.7. The molecule has 0 bridgehead atoms. The topological polar surface area (TPSA) is 70.1 Å². The number of amides is 1. The lowest BCUT2D eigenvalue weighted by molar-refractivity contribution is -0.189. The predicted molar refractivity (Wildman–Crippen MR) is 148 cm³/mol. The lowest BCUT2D eigenvalue weighted by Crippen LogP contribution is -2.69. The summed E-state index contributed by atoms with van der Waals surface area (Å²) in [5, 5.41) is 10.5. The maximum atomic E-state index is 13.9. The number of aromatic hydroxyl groups is 1. The Morgan fingerprint density at radius 2 is 1.84 bits per heavy atom. The minimum absolute atomic E-state index is 0.00567. The number of hydrogen-bond donors (Lipinski definition) is 1. The minimum Gasteiger partial charge on any atom is -0.508 e. The summed E-state index contributed by atoms with van der Waals surface area (Å²) in [7, 11) is 0. The molecule has 1 heterocycles. The van der Waals surface area contributed by atoms with Gasteiger partial charge in [0.2, 0.25) is 0 Å². The quantitative estimate of drug-likeness (QED) is 0.474. The third kappa shape index (κ3) is 5.33. The van der Waals surface area contributed by atoms with Crippen molar-refractivity contribution in [2.24, 2.45) is 11.8 Å². The van der Waals surface area contributed by atoms with Gasteiger partial charge in [-0.15, -0.1) is 0 Å². The van der Waals surface area contributed by atoms with Crippen LogP contribution in [0.15, 0.2) is 54.6 Å². The highest BCUT2D eigenvalue weighted by molar-refractivity contribution is 5.94. The van der Waals surface area contributed by atoms with Gasteiger partial charge in [-0.05, 0) is 86.7 Å². The molecule has 1 aliphatic heterocycles. The molecule has 5 rings (SSSR count). The number of esters is 1. The Balaban J connectivity index is 1.55. The summed E-state index contributed by atoms with van der Waals surface area (Å²) in [5.41, 5.74) is 0.518. The zero-order chi connectivity index (χ0) is 26.9. The van der Waals surface area contributed by atoms with Gasteiger partial charge in [-0.3, -0.25) is 14.5 Å². The Morgan fingerprint density at radius 1 is 1.08 bits per heavy atom. The molecule has 6 heteroatoms. The Morgan fingerprint density at radius 3 is 2.50 bits per heavy atom. The van der Waals surface area contributed by atoms with Crippen molar-refractivity contribution in [3.05, 3.63) is 65.7 Å². The third-order valence-corrected chi connectivity index (χ3v) is 8.91. The highest BCUT2D eigenvalue weighted by Crippen LogP contribution is 2.55. The van der Waals surface area contributed by atoms with Crippen molar-refractivity contribution in [2.75, 3.05) is 26.2 Å². The Kier molecular flexibility index (Phi) is 7.54. The molecule has 3 aliphatic rings. The molecule has 2 saturated carbocycles. The summed E-state index contributed by atoms with van der Waals surface area (Å²) in [4.78, 5) is 31.1. The number of ether oxygens (including phenoxy) is 1. The van der Waals surface area contributed by atoms with E-state index in [-0.39, 0.29) is 23.7 Å². The normalized spacial score (nSPS) is 27.5. The van der Waals surface area contributed by atoms with Crippen LogP contribution in [0.5, 0.6) is 5.75 Å². The van der Waals surface area contributed by atoms with Gasteiger partial charge in [0.15, 0.2) is 0 Å². The second kappa shape index (κ2) is 10.7. The fraction of sp³-hybridized carbons (Fsp3) is 0.562. The van der Waals surface area contributed by atoms with E-state index in [9.17, 15) is 14.7 Å². The van der Waals surface area contributed by atoms with Crippen LogP contribution >= 0.6 is 0 Å². The number of nitrogens with zero attached hydrogens (tertiary/aromatic N) is 2. The maximum Gasteiger partial charge on any atom is 0.303 e. The second-order valence-corrected chi connectivity index (χ2v) is 12.3. The molecule has 1 N–H and O–H groups in total. The lowest BCUT2D eigenvalue weighted by Gasteiger charge is -2.60. The first-order chi connectivity index (χ1) is 18.2. The standard InChI is InChI=1S/C32H42N2O4/c1-23(2)20-34(30(37)26-8-5-4-6-9-26)28-14-15-32(38-24(3)35)22-33(21-25-12-13-25)17-16-31(32,19-28)27-10-7-11-29(36)18-27/h4-11,18,23,25,28,36H,12-17,19-22H2,1-3H3/t28-,31?,32?/m0/s1. The van der Waals surface area contributed by atoms with Crippen LogP contribution in [-0.2, 0) is 14.9 Å². The Hall–Kier alpha value is -2.86. The summed E-state index contributed by atoms with van der Waals surface area (Å²) in [6.07, 6.45) is 5.54. The molecule has 0 radical (unpaired) electrons. The van der Waals surface area contributed by atoms with E-state index in [4.69, 9.17) is 4.74 Å². The number of benzene rings is 2. The average molecular weight is 519 g/mol. The van der Waals surface area contributed by atoms with Gasteiger partial charge in [0, 0.05) is 43.6 Å². The maximum absolute atomic E-state index is 13.9. The number of carbonyl (C=O) groups is 2. The fourth-order valence-electron chi connectivity index (χ4n) is 7.09. The number of fused-ring (bicyclic) bond motifs is 1. The van der Waals surface area contributed by atoms with E-state index in [1.54, 1.807) is 6.07 Å². The van der Waals surface area contributed by atoms with Crippen molar-refractivity contribution in [3.63, 3.8) is 0 Å². The number of hydrogen-bond acceptors (Lipinski definition) is 5. The van der Waals surface area contributed by atoms with E-state index in [0.29, 0.717) is 37.4 Å². The molecule has 3 atom stereocenters. The number of likely N-dealkylation sites (tertiary alicyclic amines) is 1. The van der Waals surface area contributed by atoms with Gasteiger partial charge in [0.25, 0.3) is 5.91 Å². The van der Waals surface area contributed by atoms with Gasteiger partial charge in [0.1, 0.15) is 11.4 Å². The molecule has 0 aromatic heterocycles. The fourth-order valence-corrected chi connectivity index (χ4v) is 7.09. The van der Waals surface area contributed by atoms with Gasteiger partial charge in [-0.2, -0.15) is 0 Å². The van der Waals surface area contributed by atoms with Crippen molar-refractivity contribution in [2.45, 2.75) is 76.4 Å². The van der Waals surface area contributed by atoms with Crippen molar-refractivity contribution in [1.82, 2.24) is 9.80 Å². The molecule has 2 unspecified atom stereocenters. The first-order valence-corrected chi connectivity index (χ1v) is 14.3. The van der Waals surface area contributed by atoms with Crippen molar-refractivity contribution >= 4 is 11.9 Å². The highest BCUT2D eigenvalue weighted by Gasteiger charge is 2.61. The van der Waals surface area contributed by atoms with E-state index < -0.39 is 11.0 Å². The number of phenolic OH excluding ortho intramolecular Hbond substituents is 1. The average Bonchev–Trinajstić information content (AvgIpc) is 3.70. The number of rotatable bonds is 8. The van der Waals surface area contributed by atoms with Crippen LogP contribution in [-0.4, -0.2) is 64.6 Å². The molecule has 2 aliphatic carbocycles. The van der Waals surface area contributed by atoms with E-state index in [1.807, 2.05) is 42.5 Å². The molecule has 2 aromatic rings.